The number of aromatic nitrogens is 1. The third-order valence-corrected chi connectivity index (χ3v) is 3.77. The van der Waals surface area contributed by atoms with Gasteiger partial charge in [0.05, 0.1) is 12.2 Å². The zero-order chi connectivity index (χ0) is 15.4. The second-order valence-corrected chi connectivity index (χ2v) is 5.34. The number of hydrogen-bond donors (Lipinski definition) is 1. The zero-order valence-corrected chi connectivity index (χ0v) is 12.8. The Morgan fingerprint density at radius 3 is 2.73 bits per heavy atom. The molecule has 3 aromatic rings. The molecule has 4 heteroatoms. The number of benzene rings is 2. The molecule has 112 valence electrons. The van der Waals surface area contributed by atoms with Gasteiger partial charge in [-0.15, -0.1) is 11.6 Å². The van der Waals surface area contributed by atoms with Gasteiger partial charge in [-0.05, 0) is 30.7 Å². The molecule has 0 unspecified atom stereocenters. The molecule has 0 radical (unpaired) electrons. The molecule has 2 aromatic carbocycles. The number of ether oxygens (including phenoxy) is 1. The Morgan fingerprint density at radius 2 is 1.86 bits per heavy atom. The van der Waals surface area contributed by atoms with Gasteiger partial charge in [0, 0.05) is 28.5 Å². The molecule has 1 heterocycles. The quantitative estimate of drug-likeness (QED) is 0.416. The van der Waals surface area contributed by atoms with Crippen LogP contribution in [-0.2, 0) is 0 Å². The highest BCUT2D eigenvalue weighted by Crippen LogP contribution is 2.25. The summed E-state index contributed by atoms with van der Waals surface area (Å²) in [6.45, 7) is 0.502. The summed E-state index contributed by atoms with van der Waals surface area (Å²) in [7, 11) is 0. The molecule has 0 amide bonds. The van der Waals surface area contributed by atoms with Crippen molar-refractivity contribution in [2.45, 2.75) is 6.42 Å². The van der Waals surface area contributed by atoms with Crippen molar-refractivity contribution < 1.29 is 9.53 Å². The van der Waals surface area contributed by atoms with Gasteiger partial charge in [-0.1, -0.05) is 24.3 Å². The smallest absolute Gasteiger partial charge is 0.197 e. The van der Waals surface area contributed by atoms with E-state index in [1.165, 1.54) is 0 Å². The fraction of sp³-hybridized carbons (Fsp3) is 0.167. The van der Waals surface area contributed by atoms with Crippen LogP contribution in [0.4, 0.5) is 0 Å². The van der Waals surface area contributed by atoms with Crippen molar-refractivity contribution in [3.63, 3.8) is 0 Å². The monoisotopic (exact) mass is 313 g/mol. The summed E-state index contributed by atoms with van der Waals surface area (Å²) in [5, 5.41) is 0.920. The second-order valence-electron chi connectivity index (χ2n) is 4.96. The molecule has 0 fully saturated rings. The maximum atomic E-state index is 12.9. The van der Waals surface area contributed by atoms with E-state index in [0.717, 1.165) is 17.3 Å². The van der Waals surface area contributed by atoms with E-state index in [1.54, 1.807) is 6.07 Å². The number of halogens is 1. The van der Waals surface area contributed by atoms with Crippen molar-refractivity contribution >= 4 is 28.3 Å². The predicted octanol–water partition coefficient (Wildman–Crippen LogP) is 4.41. The van der Waals surface area contributed by atoms with Crippen LogP contribution in [0.2, 0.25) is 0 Å². The molecule has 1 N–H and O–H groups in total. The van der Waals surface area contributed by atoms with E-state index in [2.05, 4.69) is 4.98 Å². The molecule has 0 bridgehead atoms. The Balaban J connectivity index is 1.97. The van der Waals surface area contributed by atoms with Gasteiger partial charge in [0.25, 0.3) is 0 Å². The van der Waals surface area contributed by atoms with E-state index in [-0.39, 0.29) is 5.78 Å². The lowest BCUT2D eigenvalue weighted by molar-refractivity contribution is 0.103. The number of rotatable bonds is 6. The Morgan fingerprint density at radius 1 is 1.05 bits per heavy atom. The van der Waals surface area contributed by atoms with Gasteiger partial charge in [-0.2, -0.15) is 0 Å². The first-order valence-corrected chi connectivity index (χ1v) is 7.73. The van der Waals surface area contributed by atoms with Crippen molar-refractivity contribution in [2.75, 3.05) is 12.5 Å². The van der Waals surface area contributed by atoms with Crippen LogP contribution in [0.3, 0.4) is 0 Å². The number of carbonyl (C=O) groups is 1. The molecule has 0 atom stereocenters. The number of ketones is 1. The van der Waals surface area contributed by atoms with Gasteiger partial charge in [0.15, 0.2) is 5.78 Å². The van der Waals surface area contributed by atoms with Crippen LogP contribution in [0, 0.1) is 0 Å². The van der Waals surface area contributed by atoms with Crippen LogP contribution in [-0.4, -0.2) is 23.3 Å². The summed E-state index contributed by atoms with van der Waals surface area (Å²) in [5.41, 5.74) is 2.20. The maximum Gasteiger partial charge on any atom is 0.197 e. The van der Waals surface area contributed by atoms with Gasteiger partial charge in [-0.25, -0.2) is 0 Å². The first kappa shape index (κ1) is 14.7. The number of alkyl halides is 1. The minimum Gasteiger partial charge on any atom is -0.493 e. The molecular weight excluding hydrogens is 298 g/mol. The van der Waals surface area contributed by atoms with Crippen LogP contribution in [0.1, 0.15) is 22.3 Å². The van der Waals surface area contributed by atoms with E-state index in [0.29, 0.717) is 29.4 Å². The fourth-order valence-electron chi connectivity index (χ4n) is 2.45. The lowest BCUT2D eigenvalue weighted by Gasteiger charge is -2.10. The minimum absolute atomic E-state index is 0.0355. The van der Waals surface area contributed by atoms with Crippen LogP contribution in [0.5, 0.6) is 5.75 Å². The molecule has 0 aliphatic heterocycles. The van der Waals surface area contributed by atoms with E-state index >= 15 is 0 Å². The highest BCUT2D eigenvalue weighted by molar-refractivity contribution is 6.18. The lowest BCUT2D eigenvalue weighted by atomic mass is 9.99. The number of fused-ring (bicyclic) bond motifs is 1. The molecule has 3 nitrogen and oxygen atoms in total. The van der Waals surface area contributed by atoms with Crippen LogP contribution in [0.25, 0.3) is 10.9 Å². The molecule has 3 rings (SSSR count). The summed E-state index contributed by atoms with van der Waals surface area (Å²) in [6, 6.07) is 14.9. The number of carbonyl (C=O) groups excluding carboxylic acids is 1. The summed E-state index contributed by atoms with van der Waals surface area (Å²) in [5.74, 6) is 1.11. The van der Waals surface area contributed by atoms with E-state index < -0.39 is 0 Å². The normalized spacial score (nSPS) is 10.8. The van der Waals surface area contributed by atoms with Crippen molar-refractivity contribution in [1.29, 1.82) is 0 Å². The first-order valence-electron chi connectivity index (χ1n) is 7.20. The number of H-pyrrole nitrogens is 1. The van der Waals surface area contributed by atoms with Gasteiger partial charge in [0.2, 0.25) is 0 Å². The topological polar surface area (TPSA) is 42.1 Å². The van der Waals surface area contributed by atoms with Gasteiger partial charge >= 0.3 is 0 Å². The highest BCUT2D eigenvalue weighted by Gasteiger charge is 2.16. The Bertz CT molecular complexity index is 794. The summed E-state index contributed by atoms with van der Waals surface area (Å²) >= 11 is 5.67. The van der Waals surface area contributed by atoms with E-state index in [4.69, 9.17) is 16.3 Å². The average molecular weight is 314 g/mol. The lowest BCUT2D eigenvalue weighted by Crippen LogP contribution is -2.07. The minimum atomic E-state index is -0.0355. The summed E-state index contributed by atoms with van der Waals surface area (Å²) in [6.07, 6.45) is 2.59. The maximum absolute atomic E-state index is 12.9. The third kappa shape index (κ3) is 2.85. The summed E-state index contributed by atoms with van der Waals surface area (Å²) in [4.78, 5) is 16.0. The van der Waals surface area contributed by atoms with Crippen molar-refractivity contribution in [2.24, 2.45) is 0 Å². The molecule has 0 spiro atoms. The van der Waals surface area contributed by atoms with Crippen LogP contribution in [0.15, 0.2) is 54.7 Å². The number of para-hydroxylation sites is 1. The Kier molecular flexibility index (Phi) is 4.45. The molecule has 0 aliphatic rings. The SMILES string of the molecule is O=C(c1ccccc1OCCCCl)c1cccc2[nH]ccc12. The summed E-state index contributed by atoms with van der Waals surface area (Å²) < 4.78 is 5.70. The largest absolute Gasteiger partial charge is 0.493 e. The van der Waals surface area contributed by atoms with Crippen LogP contribution < -0.4 is 4.74 Å². The number of hydrogen-bond acceptors (Lipinski definition) is 2. The Labute approximate surface area is 133 Å². The highest BCUT2D eigenvalue weighted by atomic mass is 35.5. The van der Waals surface area contributed by atoms with Crippen LogP contribution >= 0.6 is 11.6 Å². The van der Waals surface area contributed by atoms with Crippen molar-refractivity contribution in [3.8, 4) is 5.75 Å². The van der Waals surface area contributed by atoms with E-state index in [1.807, 2.05) is 48.7 Å². The van der Waals surface area contributed by atoms with Gasteiger partial charge in [-0.3, -0.25) is 4.79 Å². The molecule has 22 heavy (non-hydrogen) atoms. The van der Waals surface area contributed by atoms with E-state index in [9.17, 15) is 4.79 Å². The number of aromatic amines is 1. The van der Waals surface area contributed by atoms with Crippen molar-refractivity contribution in [1.82, 2.24) is 4.98 Å². The average Bonchev–Trinajstić information content (AvgIpc) is 3.03. The van der Waals surface area contributed by atoms with Gasteiger partial charge in [0.1, 0.15) is 5.75 Å². The fourth-order valence-corrected chi connectivity index (χ4v) is 2.55. The van der Waals surface area contributed by atoms with Gasteiger partial charge < -0.3 is 9.72 Å². The predicted molar refractivity (Wildman–Crippen MR) is 89.0 cm³/mol. The Hall–Kier alpha value is -2.26. The molecular formula is C18H16ClNO2. The number of nitrogens with one attached hydrogen (secondary N) is 1. The standard InChI is InChI=1S/C18H16ClNO2/c19-10-4-12-22-17-8-2-1-5-15(17)18(21)14-6-3-7-16-13(14)9-11-20-16/h1-3,5-9,11,20H,4,10,12H2. The third-order valence-electron chi connectivity index (χ3n) is 3.51. The zero-order valence-electron chi connectivity index (χ0n) is 12.0. The molecule has 0 aliphatic carbocycles. The molecule has 1 aromatic heterocycles. The first-order chi connectivity index (χ1) is 10.8. The molecule has 0 saturated carbocycles. The molecule has 0 saturated heterocycles. The van der Waals surface area contributed by atoms with Crippen molar-refractivity contribution in [3.05, 3.63) is 65.9 Å². The second kappa shape index (κ2) is 6.67.